The molecule has 2 fully saturated rings. The summed E-state index contributed by atoms with van der Waals surface area (Å²) in [5, 5.41) is 5.91. The molecule has 112 valence electrons. The highest BCUT2D eigenvalue weighted by molar-refractivity contribution is 5.94. The van der Waals surface area contributed by atoms with Gasteiger partial charge in [0.1, 0.15) is 6.04 Å². The molecule has 1 aromatic rings. The molecule has 0 radical (unpaired) electrons. The van der Waals surface area contributed by atoms with Crippen LogP contribution in [0, 0.1) is 6.92 Å². The van der Waals surface area contributed by atoms with E-state index in [-0.39, 0.29) is 18.0 Å². The van der Waals surface area contributed by atoms with E-state index in [1.807, 2.05) is 31.2 Å². The molecule has 5 nitrogen and oxygen atoms in total. The second-order valence-electron chi connectivity index (χ2n) is 5.88. The molecule has 5 heteroatoms. The summed E-state index contributed by atoms with van der Waals surface area (Å²) in [6, 6.07) is 7.49. The number of aryl methyl sites for hydroxylation is 1. The summed E-state index contributed by atoms with van der Waals surface area (Å²) in [6.45, 7) is 2.59. The summed E-state index contributed by atoms with van der Waals surface area (Å²) in [5.74, 6) is -0.00469. The van der Waals surface area contributed by atoms with Crippen molar-refractivity contribution in [2.75, 3.05) is 11.9 Å². The standard InChI is InChI=1S/C16H21N3O2/c1-11-5-2-3-6-13(11)18-16(21)19-10-4-7-14(19)15(20)17-12-8-9-12/h2-3,5-6,12,14H,4,7-10H2,1H3,(H,17,20)(H,18,21)/t14-/m0/s1. The van der Waals surface area contributed by atoms with E-state index in [2.05, 4.69) is 10.6 Å². The van der Waals surface area contributed by atoms with E-state index in [4.69, 9.17) is 0 Å². The minimum atomic E-state index is -0.324. The van der Waals surface area contributed by atoms with Crippen LogP contribution in [-0.2, 0) is 4.79 Å². The van der Waals surface area contributed by atoms with Crippen LogP contribution in [0.15, 0.2) is 24.3 Å². The molecular formula is C16H21N3O2. The number of likely N-dealkylation sites (tertiary alicyclic amines) is 1. The van der Waals surface area contributed by atoms with Gasteiger partial charge in [-0.15, -0.1) is 0 Å². The first-order chi connectivity index (χ1) is 10.1. The molecule has 1 heterocycles. The van der Waals surface area contributed by atoms with E-state index >= 15 is 0 Å². The number of hydrogen-bond acceptors (Lipinski definition) is 2. The Morgan fingerprint density at radius 3 is 2.67 bits per heavy atom. The molecular weight excluding hydrogens is 266 g/mol. The highest BCUT2D eigenvalue weighted by Gasteiger charge is 2.36. The van der Waals surface area contributed by atoms with Crippen molar-refractivity contribution in [2.45, 2.75) is 44.7 Å². The number of rotatable bonds is 3. The maximum absolute atomic E-state index is 12.4. The fraction of sp³-hybridized carbons (Fsp3) is 0.500. The van der Waals surface area contributed by atoms with Gasteiger partial charge in [0.2, 0.25) is 5.91 Å². The Kier molecular flexibility index (Phi) is 3.82. The van der Waals surface area contributed by atoms with Gasteiger partial charge in [-0.25, -0.2) is 4.79 Å². The largest absolute Gasteiger partial charge is 0.352 e. The molecule has 1 saturated heterocycles. The zero-order chi connectivity index (χ0) is 14.8. The van der Waals surface area contributed by atoms with Crippen LogP contribution < -0.4 is 10.6 Å². The Morgan fingerprint density at radius 2 is 1.95 bits per heavy atom. The zero-order valence-corrected chi connectivity index (χ0v) is 12.3. The van der Waals surface area contributed by atoms with Crippen molar-refractivity contribution in [3.8, 4) is 0 Å². The third-order valence-electron chi connectivity index (χ3n) is 4.13. The SMILES string of the molecule is Cc1ccccc1NC(=O)N1CCC[C@H]1C(=O)NC1CC1. The lowest BCUT2D eigenvalue weighted by Gasteiger charge is -2.24. The van der Waals surface area contributed by atoms with Crippen LogP contribution in [0.5, 0.6) is 0 Å². The number of anilines is 1. The zero-order valence-electron chi connectivity index (χ0n) is 12.3. The quantitative estimate of drug-likeness (QED) is 0.896. The van der Waals surface area contributed by atoms with Crippen LogP contribution in [0.1, 0.15) is 31.2 Å². The van der Waals surface area contributed by atoms with E-state index in [1.54, 1.807) is 4.90 Å². The Labute approximate surface area is 124 Å². The summed E-state index contributed by atoms with van der Waals surface area (Å²) in [5.41, 5.74) is 1.82. The molecule has 1 atom stereocenters. The molecule has 1 aliphatic heterocycles. The summed E-state index contributed by atoms with van der Waals surface area (Å²) in [4.78, 5) is 26.3. The fourth-order valence-electron chi connectivity index (χ4n) is 2.71. The lowest BCUT2D eigenvalue weighted by atomic mass is 10.2. The third-order valence-corrected chi connectivity index (χ3v) is 4.13. The van der Waals surface area contributed by atoms with Crippen molar-refractivity contribution in [3.05, 3.63) is 29.8 Å². The first-order valence-electron chi connectivity index (χ1n) is 7.59. The van der Waals surface area contributed by atoms with Crippen molar-refractivity contribution in [1.82, 2.24) is 10.2 Å². The molecule has 0 bridgehead atoms. The summed E-state index contributed by atoms with van der Waals surface area (Å²) < 4.78 is 0. The Balaban J connectivity index is 1.65. The number of benzene rings is 1. The van der Waals surface area contributed by atoms with E-state index in [0.29, 0.717) is 12.6 Å². The van der Waals surface area contributed by atoms with Crippen LogP contribution in [0.25, 0.3) is 0 Å². The molecule has 3 amide bonds. The average molecular weight is 287 g/mol. The molecule has 0 aromatic heterocycles. The predicted molar refractivity (Wildman–Crippen MR) is 81.1 cm³/mol. The van der Waals surface area contributed by atoms with E-state index in [1.165, 1.54) is 0 Å². The monoisotopic (exact) mass is 287 g/mol. The Morgan fingerprint density at radius 1 is 1.19 bits per heavy atom. The van der Waals surface area contributed by atoms with Crippen molar-refractivity contribution in [3.63, 3.8) is 0 Å². The Bertz CT molecular complexity index is 554. The third kappa shape index (κ3) is 3.17. The van der Waals surface area contributed by atoms with Gasteiger partial charge in [0, 0.05) is 18.3 Å². The van der Waals surface area contributed by atoms with Crippen LogP contribution in [0.4, 0.5) is 10.5 Å². The summed E-state index contributed by atoms with van der Waals surface area (Å²) in [6.07, 6.45) is 3.76. The molecule has 1 saturated carbocycles. The highest BCUT2D eigenvalue weighted by Crippen LogP contribution is 2.23. The minimum Gasteiger partial charge on any atom is -0.352 e. The topological polar surface area (TPSA) is 61.4 Å². The molecule has 3 rings (SSSR count). The number of carbonyl (C=O) groups is 2. The van der Waals surface area contributed by atoms with E-state index < -0.39 is 0 Å². The van der Waals surface area contributed by atoms with Crippen molar-refractivity contribution in [2.24, 2.45) is 0 Å². The average Bonchev–Trinajstić information content (AvgIpc) is 3.14. The molecule has 1 aliphatic carbocycles. The van der Waals surface area contributed by atoms with Gasteiger partial charge in [0.15, 0.2) is 0 Å². The fourth-order valence-corrected chi connectivity index (χ4v) is 2.71. The maximum atomic E-state index is 12.4. The number of carbonyl (C=O) groups excluding carboxylic acids is 2. The number of hydrogen-bond donors (Lipinski definition) is 2. The van der Waals surface area contributed by atoms with Crippen LogP contribution >= 0.6 is 0 Å². The number of para-hydroxylation sites is 1. The van der Waals surface area contributed by atoms with Gasteiger partial charge in [-0.1, -0.05) is 18.2 Å². The lowest BCUT2D eigenvalue weighted by molar-refractivity contribution is -0.124. The van der Waals surface area contributed by atoms with Gasteiger partial charge in [-0.2, -0.15) is 0 Å². The minimum absolute atomic E-state index is 0.00469. The van der Waals surface area contributed by atoms with E-state index in [0.717, 1.165) is 36.9 Å². The van der Waals surface area contributed by atoms with Crippen LogP contribution in [0.2, 0.25) is 0 Å². The Hall–Kier alpha value is -2.04. The lowest BCUT2D eigenvalue weighted by Crippen LogP contribution is -2.48. The number of nitrogens with one attached hydrogen (secondary N) is 2. The van der Waals surface area contributed by atoms with Crippen molar-refractivity contribution < 1.29 is 9.59 Å². The van der Waals surface area contributed by atoms with Gasteiger partial charge in [0.25, 0.3) is 0 Å². The second kappa shape index (κ2) is 5.76. The molecule has 2 N–H and O–H groups in total. The van der Waals surface area contributed by atoms with Gasteiger partial charge >= 0.3 is 6.03 Å². The highest BCUT2D eigenvalue weighted by atomic mass is 16.2. The first-order valence-corrected chi connectivity index (χ1v) is 7.59. The maximum Gasteiger partial charge on any atom is 0.322 e. The molecule has 0 unspecified atom stereocenters. The molecule has 1 aromatic carbocycles. The second-order valence-corrected chi connectivity index (χ2v) is 5.88. The molecule has 2 aliphatic rings. The normalized spacial score (nSPS) is 21.2. The molecule has 21 heavy (non-hydrogen) atoms. The van der Waals surface area contributed by atoms with Crippen molar-refractivity contribution in [1.29, 1.82) is 0 Å². The van der Waals surface area contributed by atoms with Crippen molar-refractivity contribution >= 4 is 17.6 Å². The summed E-state index contributed by atoms with van der Waals surface area (Å²) >= 11 is 0. The number of amides is 3. The summed E-state index contributed by atoms with van der Waals surface area (Å²) in [7, 11) is 0. The number of urea groups is 1. The van der Waals surface area contributed by atoms with Gasteiger partial charge < -0.3 is 15.5 Å². The smallest absolute Gasteiger partial charge is 0.322 e. The first kappa shape index (κ1) is 13.9. The van der Waals surface area contributed by atoms with Crippen LogP contribution in [-0.4, -0.2) is 35.5 Å². The van der Waals surface area contributed by atoms with E-state index in [9.17, 15) is 9.59 Å². The van der Waals surface area contributed by atoms with Gasteiger partial charge in [-0.3, -0.25) is 4.79 Å². The molecule has 0 spiro atoms. The predicted octanol–water partition coefficient (Wildman–Crippen LogP) is 2.27. The number of nitrogens with zero attached hydrogens (tertiary/aromatic N) is 1. The van der Waals surface area contributed by atoms with Gasteiger partial charge in [-0.05, 0) is 44.2 Å². The van der Waals surface area contributed by atoms with Gasteiger partial charge in [0.05, 0.1) is 0 Å². The van der Waals surface area contributed by atoms with Crippen LogP contribution in [0.3, 0.4) is 0 Å².